The summed E-state index contributed by atoms with van der Waals surface area (Å²) in [5.74, 6) is 0.294. The molecule has 0 amide bonds. The molecule has 1 rings (SSSR count). The average molecular weight is 165 g/mol. The summed E-state index contributed by atoms with van der Waals surface area (Å²) in [4.78, 5) is 0. The highest BCUT2D eigenvalue weighted by Gasteiger charge is 1.98. The van der Waals surface area contributed by atoms with Gasteiger partial charge in [0.25, 0.3) is 0 Å². The van der Waals surface area contributed by atoms with E-state index in [1.807, 2.05) is 0 Å². The van der Waals surface area contributed by atoms with Crippen LogP contribution in [0.5, 0.6) is 5.75 Å². The van der Waals surface area contributed by atoms with E-state index in [0.717, 1.165) is 0 Å². The van der Waals surface area contributed by atoms with E-state index in [0.29, 0.717) is 17.9 Å². The summed E-state index contributed by atoms with van der Waals surface area (Å²) in [6.45, 7) is 7.43. The van der Waals surface area contributed by atoms with Crippen LogP contribution in [0.25, 0.3) is 0 Å². The van der Waals surface area contributed by atoms with E-state index in [4.69, 9.17) is 4.74 Å². The molecule has 0 saturated heterocycles. The number of ether oxygens (including phenoxy) is 1. The minimum absolute atomic E-state index is 0.319. The molecule has 12 heavy (non-hydrogen) atoms. The zero-order chi connectivity index (χ0) is 8.97. The molecule has 0 atom stereocenters. The normalized spacial score (nSPS) is 9.50. The Labute approximate surface area is 71.5 Å². The predicted octanol–water partition coefficient (Wildman–Crippen LogP) is 2.57. The first kappa shape index (κ1) is 8.78. The van der Waals surface area contributed by atoms with Crippen LogP contribution in [0.15, 0.2) is 30.9 Å². The highest BCUT2D eigenvalue weighted by Crippen LogP contribution is 2.15. The Morgan fingerprint density at radius 2 is 2.25 bits per heavy atom. The Morgan fingerprint density at radius 1 is 1.50 bits per heavy atom. The van der Waals surface area contributed by atoms with E-state index in [2.05, 4.69) is 13.5 Å². The molecule has 63 valence electrons. The lowest BCUT2D eigenvalue weighted by Gasteiger charge is -2.03. The number of halogens is 1. The predicted molar refractivity (Wildman–Crippen MR) is 46.6 cm³/mol. The highest BCUT2D eigenvalue weighted by atomic mass is 19.1. The van der Waals surface area contributed by atoms with Gasteiger partial charge in [-0.15, -0.1) is 0 Å². The van der Waals surface area contributed by atoms with Crippen LogP contribution < -0.4 is 4.74 Å². The first-order chi connectivity index (χ1) is 5.74. The third-order valence-electron chi connectivity index (χ3n) is 1.39. The van der Waals surface area contributed by atoms with Gasteiger partial charge in [-0.05, 0) is 30.7 Å². The minimum atomic E-state index is -0.319. The SMILES string of the molecule is [CH2]c1cc(OCC=C)ccc1F. The van der Waals surface area contributed by atoms with E-state index in [1.54, 1.807) is 18.2 Å². The highest BCUT2D eigenvalue weighted by molar-refractivity contribution is 5.31. The van der Waals surface area contributed by atoms with E-state index in [1.165, 1.54) is 6.07 Å². The van der Waals surface area contributed by atoms with Gasteiger partial charge in [-0.1, -0.05) is 12.7 Å². The van der Waals surface area contributed by atoms with E-state index >= 15 is 0 Å². The van der Waals surface area contributed by atoms with Crippen LogP contribution in [0.3, 0.4) is 0 Å². The van der Waals surface area contributed by atoms with Gasteiger partial charge in [-0.25, -0.2) is 4.39 Å². The second-order valence-corrected chi connectivity index (χ2v) is 2.35. The molecule has 0 saturated carbocycles. The first-order valence-electron chi connectivity index (χ1n) is 3.59. The van der Waals surface area contributed by atoms with Crippen LogP contribution in [0.2, 0.25) is 0 Å². The molecule has 1 aromatic rings. The number of rotatable bonds is 3. The fourth-order valence-corrected chi connectivity index (χ4v) is 0.796. The quantitative estimate of drug-likeness (QED) is 0.625. The third-order valence-corrected chi connectivity index (χ3v) is 1.39. The van der Waals surface area contributed by atoms with Crippen molar-refractivity contribution in [3.05, 3.63) is 49.2 Å². The summed E-state index contributed by atoms with van der Waals surface area (Å²) < 4.78 is 17.8. The Balaban J connectivity index is 2.75. The largest absolute Gasteiger partial charge is 0.490 e. The molecule has 2 heteroatoms. The topological polar surface area (TPSA) is 9.23 Å². The number of hydrogen-bond donors (Lipinski definition) is 0. The fourth-order valence-electron chi connectivity index (χ4n) is 0.796. The van der Waals surface area contributed by atoms with Gasteiger partial charge < -0.3 is 4.74 Å². The maximum absolute atomic E-state index is 12.7. The molecule has 0 bridgehead atoms. The summed E-state index contributed by atoms with van der Waals surface area (Å²) in [6, 6.07) is 4.45. The molecule has 0 aliphatic rings. The zero-order valence-corrected chi connectivity index (χ0v) is 6.72. The summed E-state index contributed by atoms with van der Waals surface area (Å²) in [5.41, 5.74) is 0.344. The van der Waals surface area contributed by atoms with Crippen LogP contribution in [-0.4, -0.2) is 6.61 Å². The van der Waals surface area contributed by atoms with Crippen molar-refractivity contribution in [3.63, 3.8) is 0 Å². The van der Waals surface area contributed by atoms with Crippen LogP contribution >= 0.6 is 0 Å². The van der Waals surface area contributed by atoms with Crippen molar-refractivity contribution in [3.8, 4) is 5.75 Å². The molecule has 0 spiro atoms. The third kappa shape index (κ3) is 2.09. The molecular formula is C10H10FO. The molecule has 0 aliphatic carbocycles. The van der Waals surface area contributed by atoms with Gasteiger partial charge in [0.15, 0.2) is 0 Å². The Bertz CT molecular complexity index is 281. The number of hydrogen-bond acceptors (Lipinski definition) is 1. The lowest BCUT2D eigenvalue weighted by atomic mass is 10.2. The van der Waals surface area contributed by atoms with Crippen LogP contribution in [0.1, 0.15) is 5.56 Å². The molecule has 1 radical (unpaired) electrons. The van der Waals surface area contributed by atoms with E-state index in [9.17, 15) is 4.39 Å². The van der Waals surface area contributed by atoms with Crippen LogP contribution in [0.4, 0.5) is 4.39 Å². The van der Waals surface area contributed by atoms with Crippen LogP contribution in [-0.2, 0) is 0 Å². The smallest absolute Gasteiger partial charge is 0.126 e. The summed E-state index contributed by atoms with van der Waals surface area (Å²) in [7, 11) is 0. The number of benzene rings is 1. The monoisotopic (exact) mass is 165 g/mol. The van der Waals surface area contributed by atoms with Gasteiger partial charge in [-0.3, -0.25) is 0 Å². The lowest BCUT2D eigenvalue weighted by Crippen LogP contribution is -1.93. The molecule has 0 heterocycles. The van der Waals surface area contributed by atoms with Gasteiger partial charge in [0.05, 0.1) is 0 Å². The van der Waals surface area contributed by atoms with Gasteiger partial charge >= 0.3 is 0 Å². The van der Waals surface area contributed by atoms with Crippen molar-refractivity contribution in [1.29, 1.82) is 0 Å². The summed E-state index contributed by atoms with van der Waals surface area (Å²) in [6.07, 6.45) is 1.63. The standard InChI is InChI=1S/C10H10FO/c1-3-6-12-9-4-5-10(11)8(2)7-9/h3-5,7H,1-2,6H2. The van der Waals surface area contributed by atoms with Gasteiger partial charge in [0.2, 0.25) is 0 Å². The fraction of sp³-hybridized carbons (Fsp3) is 0.100. The van der Waals surface area contributed by atoms with Crippen molar-refractivity contribution < 1.29 is 9.13 Å². The second-order valence-electron chi connectivity index (χ2n) is 2.35. The molecule has 1 aromatic carbocycles. The molecule has 0 aromatic heterocycles. The molecular weight excluding hydrogens is 155 g/mol. The van der Waals surface area contributed by atoms with Crippen molar-refractivity contribution >= 4 is 0 Å². The van der Waals surface area contributed by atoms with Gasteiger partial charge in [0, 0.05) is 0 Å². The van der Waals surface area contributed by atoms with Crippen molar-refractivity contribution in [2.24, 2.45) is 0 Å². The van der Waals surface area contributed by atoms with Gasteiger partial charge in [0.1, 0.15) is 18.2 Å². The maximum atomic E-state index is 12.7. The Hall–Kier alpha value is -1.31. The first-order valence-corrected chi connectivity index (χ1v) is 3.59. The zero-order valence-electron chi connectivity index (χ0n) is 6.72. The molecule has 0 fully saturated rings. The van der Waals surface area contributed by atoms with Gasteiger partial charge in [-0.2, -0.15) is 0 Å². The lowest BCUT2D eigenvalue weighted by molar-refractivity contribution is 0.362. The van der Waals surface area contributed by atoms with Crippen molar-refractivity contribution in [2.45, 2.75) is 0 Å². The molecule has 0 N–H and O–H groups in total. The minimum Gasteiger partial charge on any atom is -0.490 e. The second kappa shape index (κ2) is 3.90. The molecule has 1 nitrogen and oxygen atoms in total. The van der Waals surface area contributed by atoms with Crippen LogP contribution in [0, 0.1) is 12.7 Å². The van der Waals surface area contributed by atoms with Crippen molar-refractivity contribution in [1.82, 2.24) is 0 Å². The van der Waals surface area contributed by atoms with E-state index < -0.39 is 0 Å². The maximum Gasteiger partial charge on any atom is 0.126 e. The summed E-state index contributed by atoms with van der Waals surface area (Å²) >= 11 is 0. The van der Waals surface area contributed by atoms with E-state index in [-0.39, 0.29) is 5.82 Å². The Kier molecular flexibility index (Phi) is 2.86. The molecule has 0 aliphatic heterocycles. The molecule has 0 unspecified atom stereocenters. The summed E-state index contributed by atoms with van der Waals surface area (Å²) in [5, 5.41) is 0. The average Bonchev–Trinajstić information content (AvgIpc) is 2.07. The Morgan fingerprint density at radius 3 is 2.83 bits per heavy atom. The van der Waals surface area contributed by atoms with Crippen molar-refractivity contribution in [2.75, 3.05) is 6.61 Å².